The van der Waals surface area contributed by atoms with E-state index in [1.54, 1.807) is 0 Å². The SMILES string of the molecule is CS(=O)(=O)CCC(=O)NC(Cc1c[nH]c2ccccc12)C(=O)NC1CC1. The number of hydrogen-bond donors (Lipinski definition) is 3. The summed E-state index contributed by atoms with van der Waals surface area (Å²) in [6.07, 6.45) is 5.02. The molecule has 3 N–H and O–H groups in total. The molecule has 1 aliphatic carbocycles. The van der Waals surface area contributed by atoms with Crippen LogP contribution in [0.3, 0.4) is 0 Å². The highest BCUT2D eigenvalue weighted by molar-refractivity contribution is 7.90. The van der Waals surface area contributed by atoms with E-state index in [4.69, 9.17) is 0 Å². The van der Waals surface area contributed by atoms with Gasteiger partial charge in [-0.25, -0.2) is 8.42 Å². The number of amides is 2. The molecule has 1 unspecified atom stereocenters. The van der Waals surface area contributed by atoms with Gasteiger partial charge in [-0.15, -0.1) is 0 Å². The Hall–Kier alpha value is -2.35. The molecule has 1 saturated carbocycles. The standard InChI is InChI=1S/C18H23N3O4S/c1-26(24,25)9-8-17(22)21-16(18(23)20-13-6-7-13)10-12-11-19-15-5-3-2-4-14(12)15/h2-5,11,13,16,19H,6-10H2,1H3,(H,20,23)(H,21,22). The first-order valence-corrected chi connectivity index (χ1v) is 10.7. The third kappa shape index (κ3) is 5.08. The number of hydrogen-bond acceptors (Lipinski definition) is 4. The van der Waals surface area contributed by atoms with Crippen molar-refractivity contribution in [2.45, 2.75) is 37.8 Å². The van der Waals surface area contributed by atoms with Crippen LogP contribution in [0.1, 0.15) is 24.8 Å². The third-order valence-electron chi connectivity index (χ3n) is 4.37. The molecule has 0 radical (unpaired) electrons. The first-order valence-electron chi connectivity index (χ1n) is 8.64. The van der Waals surface area contributed by atoms with Crippen molar-refractivity contribution in [1.29, 1.82) is 0 Å². The molecule has 0 bridgehead atoms. The fourth-order valence-electron chi connectivity index (χ4n) is 2.80. The minimum atomic E-state index is -3.23. The van der Waals surface area contributed by atoms with Crippen molar-refractivity contribution in [3.8, 4) is 0 Å². The molecule has 3 rings (SSSR count). The number of carbonyl (C=O) groups excluding carboxylic acids is 2. The molecule has 0 aliphatic heterocycles. The number of para-hydroxylation sites is 1. The molecule has 1 aromatic heterocycles. The molecular formula is C18H23N3O4S. The van der Waals surface area contributed by atoms with Crippen molar-refractivity contribution < 1.29 is 18.0 Å². The van der Waals surface area contributed by atoms with E-state index in [0.717, 1.165) is 35.6 Å². The second-order valence-corrected chi connectivity index (χ2v) is 9.11. The van der Waals surface area contributed by atoms with Crippen molar-refractivity contribution in [2.24, 2.45) is 0 Å². The van der Waals surface area contributed by atoms with Gasteiger partial charge in [0, 0.05) is 42.2 Å². The normalized spacial score (nSPS) is 15.6. The molecule has 26 heavy (non-hydrogen) atoms. The second-order valence-electron chi connectivity index (χ2n) is 6.85. The Morgan fingerprint density at radius 1 is 1.27 bits per heavy atom. The van der Waals surface area contributed by atoms with E-state index in [2.05, 4.69) is 15.6 Å². The van der Waals surface area contributed by atoms with E-state index >= 15 is 0 Å². The highest BCUT2D eigenvalue weighted by atomic mass is 32.2. The van der Waals surface area contributed by atoms with Gasteiger partial charge in [-0.1, -0.05) is 18.2 Å². The quantitative estimate of drug-likeness (QED) is 0.635. The molecule has 1 heterocycles. The minimum Gasteiger partial charge on any atom is -0.361 e. The number of sulfone groups is 1. The van der Waals surface area contributed by atoms with Gasteiger partial charge in [0.2, 0.25) is 11.8 Å². The van der Waals surface area contributed by atoms with Crippen LogP contribution in [0, 0.1) is 0 Å². The Morgan fingerprint density at radius 3 is 2.69 bits per heavy atom. The summed E-state index contributed by atoms with van der Waals surface area (Å²) in [5, 5.41) is 6.61. The molecule has 0 spiro atoms. The number of carbonyl (C=O) groups is 2. The Bertz CT molecular complexity index is 915. The van der Waals surface area contributed by atoms with Gasteiger partial charge in [-0.2, -0.15) is 0 Å². The van der Waals surface area contributed by atoms with Crippen molar-refractivity contribution in [3.05, 3.63) is 36.0 Å². The third-order valence-corrected chi connectivity index (χ3v) is 5.32. The van der Waals surface area contributed by atoms with Crippen molar-refractivity contribution in [3.63, 3.8) is 0 Å². The molecule has 1 atom stereocenters. The Morgan fingerprint density at radius 2 is 2.00 bits per heavy atom. The number of aromatic nitrogens is 1. The largest absolute Gasteiger partial charge is 0.361 e. The molecule has 0 saturated heterocycles. The van der Waals surface area contributed by atoms with Crippen molar-refractivity contribution in [1.82, 2.24) is 15.6 Å². The van der Waals surface area contributed by atoms with Crippen LogP contribution < -0.4 is 10.6 Å². The average molecular weight is 377 g/mol. The van der Waals surface area contributed by atoms with Crippen LogP contribution in [0.5, 0.6) is 0 Å². The summed E-state index contributed by atoms with van der Waals surface area (Å²) in [4.78, 5) is 27.8. The topological polar surface area (TPSA) is 108 Å². The lowest BCUT2D eigenvalue weighted by Crippen LogP contribution is -2.48. The molecule has 1 fully saturated rings. The van der Waals surface area contributed by atoms with Gasteiger partial charge < -0.3 is 15.6 Å². The lowest BCUT2D eigenvalue weighted by atomic mass is 10.0. The molecule has 1 aliphatic rings. The van der Waals surface area contributed by atoms with Crippen LogP contribution in [0.4, 0.5) is 0 Å². The second kappa shape index (κ2) is 7.49. The zero-order valence-corrected chi connectivity index (χ0v) is 15.4. The number of nitrogens with one attached hydrogen (secondary N) is 3. The summed E-state index contributed by atoms with van der Waals surface area (Å²) < 4.78 is 22.5. The maximum Gasteiger partial charge on any atom is 0.243 e. The Kier molecular flexibility index (Phi) is 5.31. The van der Waals surface area contributed by atoms with E-state index in [9.17, 15) is 18.0 Å². The summed E-state index contributed by atoms with van der Waals surface area (Å²) in [6, 6.07) is 7.20. The summed E-state index contributed by atoms with van der Waals surface area (Å²) in [7, 11) is -3.23. The number of H-pyrrole nitrogens is 1. The predicted molar refractivity (Wildman–Crippen MR) is 99.4 cm³/mol. The predicted octanol–water partition coefficient (Wildman–Crippen LogP) is 0.909. The summed E-state index contributed by atoms with van der Waals surface area (Å²) in [5.41, 5.74) is 1.90. The van der Waals surface area contributed by atoms with E-state index in [1.165, 1.54) is 0 Å². The highest BCUT2D eigenvalue weighted by Crippen LogP contribution is 2.21. The van der Waals surface area contributed by atoms with Gasteiger partial charge >= 0.3 is 0 Å². The summed E-state index contributed by atoms with van der Waals surface area (Å²) in [6.45, 7) is 0. The van der Waals surface area contributed by atoms with Gasteiger partial charge in [0.1, 0.15) is 15.9 Å². The van der Waals surface area contributed by atoms with Gasteiger partial charge in [-0.3, -0.25) is 9.59 Å². The Labute approximate surface area is 152 Å². The number of benzene rings is 1. The fraction of sp³-hybridized carbons (Fsp3) is 0.444. The van der Waals surface area contributed by atoms with Crippen molar-refractivity contribution in [2.75, 3.05) is 12.0 Å². The molecule has 1 aromatic carbocycles. The van der Waals surface area contributed by atoms with Gasteiger partial charge in [-0.05, 0) is 24.5 Å². The average Bonchev–Trinajstić information content (AvgIpc) is 3.30. The zero-order valence-electron chi connectivity index (χ0n) is 14.6. The van der Waals surface area contributed by atoms with Crippen LogP contribution in [-0.4, -0.2) is 49.3 Å². The van der Waals surface area contributed by atoms with Gasteiger partial charge in [0.25, 0.3) is 0 Å². The van der Waals surface area contributed by atoms with Crippen LogP contribution in [-0.2, 0) is 25.8 Å². The van der Waals surface area contributed by atoms with E-state index in [1.807, 2.05) is 30.5 Å². The molecule has 2 amide bonds. The van der Waals surface area contributed by atoms with Crippen LogP contribution in [0.2, 0.25) is 0 Å². The number of fused-ring (bicyclic) bond motifs is 1. The van der Waals surface area contributed by atoms with E-state index < -0.39 is 21.8 Å². The van der Waals surface area contributed by atoms with Crippen LogP contribution in [0.25, 0.3) is 10.9 Å². The van der Waals surface area contributed by atoms with Crippen LogP contribution >= 0.6 is 0 Å². The highest BCUT2D eigenvalue weighted by Gasteiger charge is 2.29. The first kappa shape index (κ1) is 18.4. The molecule has 7 nitrogen and oxygen atoms in total. The van der Waals surface area contributed by atoms with Crippen LogP contribution in [0.15, 0.2) is 30.5 Å². The number of aromatic amines is 1. The number of rotatable bonds is 8. The zero-order chi connectivity index (χ0) is 18.7. The lowest BCUT2D eigenvalue weighted by Gasteiger charge is -2.18. The molecule has 8 heteroatoms. The maximum atomic E-state index is 12.5. The Balaban J connectivity index is 1.72. The molecule has 140 valence electrons. The first-order chi connectivity index (χ1) is 12.3. The summed E-state index contributed by atoms with van der Waals surface area (Å²) in [5.74, 6) is -0.903. The van der Waals surface area contributed by atoms with Crippen molar-refractivity contribution >= 4 is 32.6 Å². The van der Waals surface area contributed by atoms with Gasteiger partial charge in [0.05, 0.1) is 5.75 Å². The fourth-order valence-corrected chi connectivity index (χ4v) is 3.36. The maximum absolute atomic E-state index is 12.5. The van der Waals surface area contributed by atoms with E-state index in [-0.39, 0.29) is 24.1 Å². The van der Waals surface area contributed by atoms with Gasteiger partial charge in [0.15, 0.2) is 0 Å². The lowest BCUT2D eigenvalue weighted by molar-refractivity contribution is -0.128. The summed E-state index contributed by atoms with van der Waals surface area (Å²) >= 11 is 0. The molecular weight excluding hydrogens is 354 g/mol. The van der Waals surface area contributed by atoms with E-state index in [0.29, 0.717) is 6.42 Å². The minimum absolute atomic E-state index is 0.153. The smallest absolute Gasteiger partial charge is 0.243 e. The molecule has 2 aromatic rings. The monoisotopic (exact) mass is 377 g/mol.